The molecule has 2 aromatic rings. The van der Waals surface area contributed by atoms with Crippen LogP contribution in [0.25, 0.3) is 0 Å². The summed E-state index contributed by atoms with van der Waals surface area (Å²) in [5, 5.41) is 2.37. The monoisotopic (exact) mass is 383 g/mol. The minimum atomic E-state index is -1.73. The Morgan fingerprint density at radius 3 is 2.41 bits per heavy atom. The van der Waals surface area contributed by atoms with Gasteiger partial charge in [-0.15, -0.1) is 0 Å². The second-order valence-electron chi connectivity index (χ2n) is 6.20. The van der Waals surface area contributed by atoms with E-state index in [0.29, 0.717) is 37.3 Å². The highest BCUT2D eigenvalue weighted by Crippen LogP contribution is 2.27. The summed E-state index contributed by atoms with van der Waals surface area (Å²) in [7, 11) is 0. The van der Waals surface area contributed by atoms with Crippen LogP contribution >= 0.6 is 0 Å². The molecule has 1 aliphatic heterocycles. The summed E-state index contributed by atoms with van der Waals surface area (Å²) in [6, 6.07) is 3.32. The molecule has 0 bridgehead atoms. The molecular formula is C17H17F4N5O. The maximum absolute atomic E-state index is 13.7. The van der Waals surface area contributed by atoms with Gasteiger partial charge in [-0.1, -0.05) is 6.07 Å². The largest absolute Gasteiger partial charge is 0.376 e. The number of halogens is 4. The zero-order valence-corrected chi connectivity index (χ0v) is 14.2. The molecule has 0 unspecified atom stereocenters. The molecule has 1 fully saturated rings. The average molecular weight is 383 g/mol. The molecule has 1 aliphatic rings. The highest BCUT2D eigenvalue weighted by atomic mass is 19.2. The fourth-order valence-corrected chi connectivity index (χ4v) is 3.05. The molecule has 0 atom stereocenters. The van der Waals surface area contributed by atoms with Crippen molar-refractivity contribution in [2.75, 3.05) is 23.3 Å². The number of carbonyl (C=O) groups excluding carboxylic acids is 1. The van der Waals surface area contributed by atoms with Gasteiger partial charge in [0, 0.05) is 37.3 Å². The van der Waals surface area contributed by atoms with Crippen molar-refractivity contribution in [3.05, 3.63) is 47.4 Å². The summed E-state index contributed by atoms with van der Waals surface area (Å²) in [4.78, 5) is 20.0. The molecule has 2 aromatic heterocycles. The maximum Gasteiger partial charge on any atom is 0.253 e. The summed E-state index contributed by atoms with van der Waals surface area (Å²) in [6.45, 7) is 0.966. The predicted molar refractivity (Wildman–Crippen MR) is 89.8 cm³/mol. The second kappa shape index (κ2) is 7.77. The van der Waals surface area contributed by atoms with Gasteiger partial charge < -0.3 is 16.0 Å². The van der Waals surface area contributed by atoms with Gasteiger partial charge in [0.2, 0.25) is 17.5 Å². The molecule has 3 N–H and O–H groups in total. The van der Waals surface area contributed by atoms with Crippen LogP contribution < -0.4 is 16.0 Å². The first-order chi connectivity index (χ1) is 12.9. The number of pyridine rings is 2. The fourth-order valence-electron chi connectivity index (χ4n) is 3.05. The molecule has 27 heavy (non-hydrogen) atoms. The number of piperidine rings is 1. The smallest absolute Gasteiger partial charge is 0.253 e. The summed E-state index contributed by atoms with van der Waals surface area (Å²) in [5.41, 5.74) is 4.97. The van der Waals surface area contributed by atoms with E-state index in [4.69, 9.17) is 5.73 Å². The number of rotatable bonds is 5. The first-order valence-electron chi connectivity index (χ1n) is 8.30. The van der Waals surface area contributed by atoms with E-state index in [1.807, 2.05) is 4.90 Å². The van der Waals surface area contributed by atoms with Gasteiger partial charge in [0.15, 0.2) is 0 Å². The first-order valence-corrected chi connectivity index (χ1v) is 8.30. The predicted octanol–water partition coefficient (Wildman–Crippen LogP) is 2.35. The van der Waals surface area contributed by atoms with E-state index in [9.17, 15) is 22.4 Å². The number of primary amides is 1. The van der Waals surface area contributed by atoms with Crippen LogP contribution in [-0.2, 0) is 11.3 Å². The number of hydrogen-bond acceptors (Lipinski definition) is 5. The number of amides is 1. The zero-order valence-electron chi connectivity index (χ0n) is 14.2. The summed E-state index contributed by atoms with van der Waals surface area (Å²) in [6.07, 6.45) is 2.71. The Morgan fingerprint density at radius 1 is 1.19 bits per heavy atom. The zero-order chi connectivity index (χ0) is 19.6. The third-order valence-electron chi connectivity index (χ3n) is 4.52. The number of nitrogens with one attached hydrogen (secondary N) is 1. The number of carbonyl (C=O) groups is 1. The van der Waals surface area contributed by atoms with E-state index in [0.717, 1.165) is 0 Å². The minimum absolute atomic E-state index is 0.115. The summed E-state index contributed by atoms with van der Waals surface area (Å²) < 4.78 is 53.9. The van der Waals surface area contributed by atoms with Crippen molar-refractivity contribution in [2.45, 2.75) is 19.4 Å². The number of hydrogen-bond donors (Lipinski definition) is 2. The van der Waals surface area contributed by atoms with Crippen molar-refractivity contribution in [3.8, 4) is 0 Å². The van der Waals surface area contributed by atoms with Gasteiger partial charge in [0.05, 0.1) is 0 Å². The minimum Gasteiger partial charge on any atom is -0.376 e. The first kappa shape index (κ1) is 18.9. The van der Waals surface area contributed by atoms with Crippen molar-refractivity contribution in [3.63, 3.8) is 0 Å². The van der Waals surface area contributed by atoms with Gasteiger partial charge in [-0.05, 0) is 18.9 Å². The molecule has 3 heterocycles. The summed E-state index contributed by atoms with van der Waals surface area (Å²) >= 11 is 0. The summed E-state index contributed by atoms with van der Waals surface area (Å²) in [5.74, 6) is -6.62. The van der Waals surface area contributed by atoms with Crippen molar-refractivity contribution in [1.82, 2.24) is 9.97 Å². The van der Waals surface area contributed by atoms with Gasteiger partial charge in [-0.25, -0.2) is 4.98 Å². The molecule has 0 spiro atoms. The Kier molecular flexibility index (Phi) is 5.43. The topological polar surface area (TPSA) is 84.1 Å². The van der Waals surface area contributed by atoms with E-state index in [-0.39, 0.29) is 18.4 Å². The Bertz CT molecular complexity index is 829. The van der Waals surface area contributed by atoms with Crippen LogP contribution in [0.2, 0.25) is 0 Å². The normalized spacial score (nSPS) is 15.0. The number of nitrogens with two attached hydrogens (primary N) is 1. The van der Waals surface area contributed by atoms with Crippen LogP contribution in [0.5, 0.6) is 0 Å². The maximum atomic E-state index is 13.7. The second-order valence-corrected chi connectivity index (χ2v) is 6.20. The lowest BCUT2D eigenvalue weighted by Gasteiger charge is -2.32. The number of nitrogens with zero attached hydrogens (tertiary/aromatic N) is 3. The van der Waals surface area contributed by atoms with Crippen molar-refractivity contribution < 1.29 is 22.4 Å². The molecule has 1 amide bonds. The van der Waals surface area contributed by atoms with Gasteiger partial charge in [0.25, 0.3) is 11.9 Å². The molecule has 0 radical (unpaired) electrons. The molecule has 3 rings (SSSR count). The molecule has 0 aromatic carbocycles. The van der Waals surface area contributed by atoms with E-state index in [1.54, 1.807) is 18.3 Å². The van der Waals surface area contributed by atoms with Crippen LogP contribution in [-0.4, -0.2) is 29.0 Å². The Labute approximate surface area is 152 Å². The van der Waals surface area contributed by atoms with Crippen molar-refractivity contribution in [1.29, 1.82) is 0 Å². The van der Waals surface area contributed by atoms with E-state index in [2.05, 4.69) is 15.3 Å². The molecule has 144 valence electrons. The quantitative estimate of drug-likeness (QED) is 0.612. The van der Waals surface area contributed by atoms with Gasteiger partial charge in [-0.2, -0.15) is 22.5 Å². The van der Waals surface area contributed by atoms with Gasteiger partial charge >= 0.3 is 0 Å². The van der Waals surface area contributed by atoms with Crippen LogP contribution in [0.3, 0.4) is 0 Å². The number of aromatic nitrogens is 2. The molecule has 0 aliphatic carbocycles. The Hall–Kier alpha value is -2.91. The van der Waals surface area contributed by atoms with Gasteiger partial charge in [-0.3, -0.25) is 4.79 Å². The highest BCUT2D eigenvalue weighted by Gasteiger charge is 2.25. The lowest BCUT2D eigenvalue weighted by Crippen LogP contribution is -2.39. The molecule has 10 heteroatoms. The SMILES string of the molecule is NC(=O)C1CCN(c2ncccc2CNc2c(F)c(F)nc(F)c2F)CC1. The molecule has 0 saturated carbocycles. The van der Waals surface area contributed by atoms with E-state index in [1.165, 1.54) is 0 Å². The van der Waals surface area contributed by atoms with Crippen LogP contribution in [0.1, 0.15) is 18.4 Å². The van der Waals surface area contributed by atoms with Crippen LogP contribution in [0.4, 0.5) is 29.1 Å². The van der Waals surface area contributed by atoms with Gasteiger partial charge in [0.1, 0.15) is 11.5 Å². The third kappa shape index (κ3) is 3.93. The fraction of sp³-hybridized carbons (Fsp3) is 0.353. The van der Waals surface area contributed by atoms with E-state index >= 15 is 0 Å². The Morgan fingerprint density at radius 2 is 1.81 bits per heavy atom. The lowest BCUT2D eigenvalue weighted by molar-refractivity contribution is -0.122. The van der Waals surface area contributed by atoms with Crippen LogP contribution in [0.15, 0.2) is 18.3 Å². The molecule has 6 nitrogen and oxygen atoms in total. The Balaban J connectivity index is 1.77. The highest BCUT2D eigenvalue weighted by molar-refractivity contribution is 5.77. The average Bonchev–Trinajstić information content (AvgIpc) is 2.67. The van der Waals surface area contributed by atoms with Crippen molar-refractivity contribution >= 4 is 17.4 Å². The van der Waals surface area contributed by atoms with Crippen molar-refractivity contribution in [2.24, 2.45) is 11.7 Å². The van der Waals surface area contributed by atoms with Crippen LogP contribution in [0, 0.1) is 29.4 Å². The molecular weight excluding hydrogens is 366 g/mol. The molecule has 1 saturated heterocycles. The number of anilines is 2. The lowest BCUT2D eigenvalue weighted by atomic mass is 9.96. The third-order valence-corrected chi connectivity index (χ3v) is 4.52. The standard InChI is InChI=1S/C17H17F4N5O/c18-11-13(12(19)15(21)25-14(11)20)24-8-10-2-1-5-23-17(10)26-6-3-9(4-7-26)16(22)27/h1-2,5,9H,3-4,6-8H2,(H2,22,27)(H,24,25). The van der Waals surface area contributed by atoms with E-state index < -0.39 is 29.2 Å².